The molecule has 168 valence electrons. The van der Waals surface area contributed by atoms with Gasteiger partial charge < -0.3 is 9.47 Å². The summed E-state index contributed by atoms with van der Waals surface area (Å²) in [6.45, 7) is 3.85. The molecule has 0 saturated carbocycles. The first kappa shape index (κ1) is 23.6. The van der Waals surface area contributed by atoms with Crippen LogP contribution in [0.25, 0.3) is 0 Å². The average Bonchev–Trinajstić information content (AvgIpc) is 2.81. The van der Waals surface area contributed by atoms with Crippen LogP contribution in [-0.2, 0) is 21.2 Å². The molecular formula is C24H24ClNO5S. The van der Waals surface area contributed by atoms with Crippen LogP contribution in [0.5, 0.6) is 11.5 Å². The molecule has 0 aliphatic carbocycles. The van der Waals surface area contributed by atoms with E-state index in [1.807, 2.05) is 6.92 Å². The highest BCUT2D eigenvalue weighted by Gasteiger charge is 2.26. The first-order valence-electron chi connectivity index (χ1n) is 10.1. The smallest absolute Gasteiger partial charge is 0.338 e. The molecule has 0 unspecified atom stereocenters. The quantitative estimate of drug-likeness (QED) is 0.392. The Bertz CT molecular complexity index is 1190. The minimum Gasteiger partial charge on any atom is -0.465 e. The number of ether oxygens (including phenoxy) is 2. The summed E-state index contributed by atoms with van der Waals surface area (Å²) in [5.74, 6) is 0.615. The van der Waals surface area contributed by atoms with Gasteiger partial charge in [-0.2, -0.15) is 0 Å². The van der Waals surface area contributed by atoms with E-state index >= 15 is 0 Å². The zero-order valence-corrected chi connectivity index (χ0v) is 19.6. The summed E-state index contributed by atoms with van der Waals surface area (Å²) in [6, 6.07) is 18.2. The third-order valence-electron chi connectivity index (χ3n) is 4.92. The van der Waals surface area contributed by atoms with Gasteiger partial charge in [-0.3, -0.25) is 4.31 Å². The molecular weight excluding hydrogens is 450 g/mol. The minimum absolute atomic E-state index is 0.0263. The maximum atomic E-state index is 13.4. The zero-order valence-electron chi connectivity index (χ0n) is 18.0. The van der Waals surface area contributed by atoms with E-state index in [-0.39, 0.29) is 17.0 Å². The predicted molar refractivity (Wildman–Crippen MR) is 125 cm³/mol. The fourth-order valence-corrected chi connectivity index (χ4v) is 4.89. The highest BCUT2D eigenvalue weighted by molar-refractivity contribution is 7.92. The van der Waals surface area contributed by atoms with Gasteiger partial charge in [0.2, 0.25) is 0 Å². The molecule has 3 aromatic rings. The van der Waals surface area contributed by atoms with Crippen LogP contribution in [0.3, 0.4) is 0 Å². The first-order chi connectivity index (χ1) is 15.3. The van der Waals surface area contributed by atoms with E-state index in [2.05, 4.69) is 0 Å². The summed E-state index contributed by atoms with van der Waals surface area (Å²) in [5, 5.41) is 0.610. The van der Waals surface area contributed by atoms with Crippen LogP contribution in [0.4, 0.5) is 5.69 Å². The highest BCUT2D eigenvalue weighted by Crippen LogP contribution is 2.29. The molecule has 32 heavy (non-hydrogen) atoms. The van der Waals surface area contributed by atoms with Gasteiger partial charge in [0.05, 0.1) is 23.3 Å². The standard InChI is InChI=1S/C24H24ClNO5S/c1-4-17-6-15-22(16-23(17)24(27)30-3)32(28,29)26(5-2)19-9-13-21(14-10-19)31-20-11-7-18(25)8-12-20/h6-16H,4-5H2,1-3H3. The van der Waals surface area contributed by atoms with Gasteiger partial charge in [-0.1, -0.05) is 24.6 Å². The van der Waals surface area contributed by atoms with Crippen molar-refractivity contribution in [3.05, 3.63) is 82.9 Å². The lowest BCUT2D eigenvalue weighted by Crippen LogP contribution is -2.31. The molecule has 0 spiro atoms. The van der Waals surface area contributed by atoms with Crippen molar-refractivity contribution in [1.29, 1.82) is 0 Å². The van der Waals surface area contributed by atoms with Crippen molar-refractivity contribution in [3.63, 3.8) is 0 Å². The van der Waals surface area contributed by atoms with Gasteiger partial charge in [-0.25, -0.2) is 13.2 Å². The number of methoxy groups -OCH3 is 1. The van der Waals surface area contributed by atoms with Crippen LogP contribution >= 0.6 is 11.6 Å². The molecule has 0 saturated heterocycles. The third kappa shape index (κ3) is 5.06. The van der Waals surface area contributed by atoms with Crippen molar-refractivity contribution in [2.75, 3.05) is 18.0 Å². The molecule has 0 aromatic heterocycles. The molecule has 0 fully saturated rings. The van der Waals surface area contributed by atoms with Crippen molar-refractivity contribution in [2.24, 2.45) is 0 Å². The van der Waals surface area contributed by atoms with Crippen molar-refractivity contribution in [2.45, 2.75) is 25.2 Å². The van der Waals surface area contributed by atoms with Crippen LogP contribution in [0, 0.1) is 0 Å². The second-order valence-corrected chi connectivity index (χ2v) is 9.18. The summed E-state index contributed by atoms with van der Waals surface area (Å²) < 4.78 is 38.6. The number of carbonyl (C=O) groups is 1. The Hall–Kier alpha value is -3.03. The number of benzene rings is 3. The molecule has 0 aliphatic heterocycles. The molecule has 8 heteroatoms. The highest BCUT2D eigenvalue weighted by atomic mass is 35.5. The second-order valence-electron chi connectivity index (χ2n) is 6.88. The molecule has 0 amide bonds. The lowest BCUT2D eigenvalue weighted by molar-refractivity contribution is 0.0599. The van der Waals surface area contributed by atoms with Gasteiger partial charge in [-0.05, 0) is 79.6 Å². The second kappa shape index (κ2) is 10.1. The van der Waals surface area contributed by atoms with Crippen molar-refractivity contribution in [3.8, 4) is 11.5 Å². The van der Waals surface area contributed by atoms with Crippen molar-refractivity contribution < 1.29 is 22.7 Å². The lowest BCUT2D eigenvalue weighted by atomic mass is 10.1. The van der Waals surface area contributed by atoms with E-state index in [0.29, 0.717) is 28.6 Å². The average molecular weight is 474 g/mol. The molecule has 3 rings (SSSR count). The Balaban J connectivity index is 1.90. The number of nitrogens with zero attached hydrogens (tertiary/aromatic N) is 1. The molecule has 0 bridgehead atoms. The van der Waals surface area contributed by atoms with Crippen LogP contribution in [0.1, 0.15) is 29.8 Å². The molecule has 6 nitrogen and oxygen atoms in total. The van der Waals surface area contributed by atoms with Gasteiger partial charge in [-0.15, -0.1) is 0 Å². The Morgan fingerprint density at radius 2 is 1.53 bits per heavy atom. The van der Waals surface area contributed by atoms with E-state index in [1.54, 1.807) is 61.5 Å². The third-order valence-corrected chi connectivity index (χ3v) is 7.07. The number of sulfonamides is 1. The normalized spacial score (nSPS) is 11.1. The summed E-state index contributed by atoms with van der Waals surface area (Å²) in [5.41, 5.74) is 1.46. The topological polar surface area (TPSA) is 72.9 Å². The van der Waals surface area contributed by atoms with Gasteiger partial charge in [0.25, 0.3) is 10.0 Å². The number of hydrogen-bond acceptors (Lipinski definition) is 5. The molecule has 3 aromatic carbocycles. The van der Waals surface area contributed by atoms with Crippen LogP contribution in [0.2, 0.25) is 5.02 Å². The Kier molecular flexibility index (Phi) is 7.43. The Morgan fingerprint density at radius 1 is 0.938 bits per heavy atom. The van der Waals surface area contributed by atoms with Gasteiger partial charge in [0.1, 0.15) is 11.5 Å². The monoisotopic (exact) mass is 473 g/mol. The van der Waals surface area contributed by atoms with E-state index in [4.69, 9.17) is 21.1 Å². The molecule has 0 atom stereocenters. The van der Waals surface area contributed by atoms with E-state index in [9.17, 15) is 13.2 Å². The molecule has 0 aliphatic rings. The lowest BCUT2D eigenvalue weighted by Gasteiger charge is -2.23. The number of esters is 1. The molecule has 0 heterocycles. The predicted octanol–water partition coefficient (Wildman–Crippen LogP) is 5.70. The number of anilines is 1. The van der Waals surface area contributed by atoms with Crippen LogP contribution in [-0.4, -0.2) is 28.0 Å². The summed E-state index contributed by atoms with van der Waals surface area (Å²) >= 11 is 5.89. The molecule has 0 N–H and O–H groups in total. The zero-order chi connectivity index (χ0) is 23.3. The maximum absolute atomic E-state index is 13.4. The van der Waals surface area contributed by atoms with Gasteiger partial charge in [0.15, 0.2) is 0 Å². The van der Waals surface area contributed by atoms with E-state index in [0.717, 1.165) is 5.56 Å². The maximum Gasteiger partial charge on any atom is 0.338 e. The summed E-state index contributed by atoms with van der Waals surface area (Å²) in [7, 11) is -2.63. The van der Waals surface area contributed by atoms with E-state index in [1.165, 1.54) is 23.5 Å². The minimum atomic E-state index is -3.90. The first-order valence-corrected chi connectivity index (χ1v) is 11.9. The van der Waals surface area contributed by atoms with Crippen LogP contribution < -0.4 is 9.04 Å². The fourth-order valence-electron chi connectivity index (χ4n) is 3.26. The molecule has 0 radical (unpaired) electrons. The number of halogens is 1. The van der Waals surface area contributed by atoms with Crippen LogP contribution in [0.15, 0.2) is 71.6 Å². The van der Waals surface area contributed by atoms with Gasteiger partial charge in [0, 0.05) is 11.6 Å². The van der Waals surface area contributed by atoms with E-state index < -0.39 is 16.0 Å². The number of carbonyl (C=O) groups excluding carboxylic acids is 1. The SMILES string of the molecule is CCc1ccc(S(=O)(=O)N(CC)c2ccc(Oc3ccc(Cl)cc3)cc2)cc1C(=O)OC. The number of hydrogen-bond donors (Lipinski definition) is 0. The number of aryl methyl sites for hydroxylation is 1. The van der Waals surface area contributed by atoms with Crippen molar-refractivity contribution >= 4 is 33.3 Å². The summed E-state index contributed by atoms with van der Waals surface area (Å²) in [4.78, 5) is 12.2. The Labute approximate surface area is 193 Å². The fraction of sp³-hybridized carbons (Fsp3) is 0.208. The van der Waals surface area contributed by atoms with Crippen molar-refractivity contribution in [1.82, 2.24) is 0 Å². The summed E-state index contributed by atoms with van der Waals surface area (Å²) in [6.07, 6.45) is 0.581. The van der Waals surface area contributed by atoms with Gasteiger partial charge >= 0.3 is 5.97 Å². The largest absolute Gasteiger partial charge is 0.465 e. The number of rotatable bonds is 8. The Morgan fingerprint density at radius 3 is 2.06 bits per heavy atom.